The van der Waals surface area contributed by atoms with E-state index >= 15 is 0 Å². The Kier molecular flexibility index (Phi) is 3.43. The number of rotatable bonds is 3. The number of benzene rings is 1. The van der Waals surface area contributed by atoms with E-state index in [1.54, 1.807) is 41.4 Å². The molecule has 0 atom stereocenters. The number of fused-ring (bicyclic) bond motifs is 1. The van der Waals surface area contributed by atoms with Gasteiger partial charge >= 0.3 is 0 Å². The van der Waals surface area contributed by atoms with Gasteiger partial charge in [-0.1, -0.05) is 0 Å². The van der Waals surface area contributed by atoms with E-state index in [1.807, 2.05) is 6.07 Å². The van der Waals surface area contributed by atoms with E-state index in [2.05, 4.69) is 4.98 Å². The molecule has 4 rings (SSSR count). The van der Waals surface area contributed by atoms with Gasteiger partial charge in [-0.3, -0.25) is 4.79 Å². The van der Waals surface area contributed by atoms with Crippen LogP contribution in [0.4, 0.5) is 0 Å². The molecule has 1 amide bonds. The fourth-order valence-corrected chi connectivity index (χ4v) is 2.62. The Labute approximate surface area is 138 Å². The summed E-state index contributed by atoms with van der Waals surface area (Å²) in [6.45, 7) is 1.08. The number of carbonyl (C=O) groups excluding carboxylic acids is 1. The molecule has 1 aromatic carbocycles. The molecule has 24 heavy (non-hydrogen) atoms. The molecule has 3 heterocycles. The lowest BCUT2D eigenvalue weighted by Crippen LogP contribution is -2.56. The average Bonchev–Trinajstić information content (AvgIpc) is 3.05. The van der Waals surface area contributed by atoms with Crippen LogP contribution < -0.4 is 14.2 Å². The Morgan fingerprint density at radius 1 is 1.29 bits per heavy atom. The van der Waals surface area contributed by atoms with Gasteiger partial charge in [-0.25, -0.2) is 4.98 Å². The molecule has 0 aliphatic carbocycles. The van der Waals surface area contributed by atoms with E-state index in [0.717, 1.165) is 0 Å². The van der Waals surface area contributed by atoms with Crippen LogP contribution in [0.1, 0.15) is 15.9 Å². The number of pyridine rings is 1. The van der Waals surface area contributed by atoms with Crippen LogP contribution in [0.15, 0.2) is 36.5 Å². The standard InChI is InChI=1S/C17H13N3O4/c18-7-12-2-1-5-19-16(12)24-13-8-20(9-13)17(21)11-3-4-14-15(6-11)23-10-22-14/h1-6,13H,8-10H2. The summed E-state index contributed by atoms with van der Waals surface area (Å²) in [5, 5.41) is 9.03. The maximum Gasteiger partial charge on any atom is 0.254 e. The van der Waals surface area contributed by atoms with Gasteiger partial charge in [0, 0.05) is 11.8 Å². The molecule has 0 saturated carbocycles. The van der Waals surface area contributed by atoms with Crippen LogP contribution in [0.3, 0.4) is 0 Å². The molecular weight excluding hydrogens is 310 g/mol. The first kappa shape index (κ1) is 14.3. The van der Waals surface area contributed by atoms with Gasteiger partial charge in [0.25, 0.3) is 5.91 Å². The second-order valence-corrected chi connectivity index (χ2v) is 5.49. The van der Waals surface area contributed by atoms with Crippen molar-refractivity contribution < 1.29 is 19.0 Å². The van der Waals surface area contributed by atoms with Crippen molar-refractivity contribution in [2.45, 2.75) is 6.10 Å². The summed E-state index contributed by atoms with van der Waals surface area (Å²) in [5.41, 5.74) is 0.936. The minimum absolute atomic E-state index is 0.0883. The van der Waals surface area contributed by atoms with Crippen molar-refractivity contribution in [2.75, 3.05) is 19.9 Å². The maximum atomic E-state index is 12.5. The minimum atomic E-state index is -0.162. The molecule has 2 aliphatic rings. The molecule has 0 radical (unpaired) electrons. The molecule has 1 saturated heterocycles. The molecule has 2 aromatic rings. The van der Waals surface area contributed by atoms with E-state index in [-0.39, 0.29) is 18.8 Å². The number of hydrogen-bond donors (Lipinski definition) is 0. The second kappa shape index (κ2) is 5.74. The lowest BCUT2D eigenvalue weighted by Gasteiger charge is -2.38. The van der Waals surface area contributed by atoms with Gasteiger partial charge in [0.1, 0.15) is 17.7 Å². The Balaban J connectivity index is 1.39. The summed E-state index contributed by atoms with van der Waals surface area (Å²) < 4.78 is 16.2. The summed E-state index contributed by atoms with van der Waals surface area (Å²) >= 11 is 0. The zero-order valence-electron chi connectivity index (χ0n) is 12.6. The van der Waals surface area contributed by atoms with Gasteiger partial charge in [-0.2, -0.15) is 5.26 Å². The van der Waals surface area contributed by atoms with Gasteiger partial charge in [-0.05, 0) is 30.3 Å². The summed E-state index contributed by atoms with van der Waals surface area (Å²) in [6.07, 6.45) is 1.41. The van der Waals surface area contributed by atoms with E-state index < -0.39 is 0 Å². The van der Waals surface area contributed by atoms with Crippen LogP contribution in [0.25, 0.3) is 0 Å². The third-order valence-corrected chi connectivity index (χ3v) is 3.92. The number of carbonyl (C=O) groups is 1. The quantitative estimate of drug-likeness (QED) is 0.853. The Morgan fingerprint density at radius 2 is 2.12 bits per heavy atom. The highest BCUT2D eigenvalue weighted by Crippen LogP contribution is 2.33. The van der Waals surface area contributed by atoms with E-state index in [0.29, 0.717) is 41.6 Å². The van der Waals surface area contributed by atoms with Gasteiger partial charge in [0.15, 0.2) is 11.5 Å². The zero-order valence-corrected chi connectivity index (χ0v) is 12.6. The Bertz CT molecular complexity index is 840. The van der Waals surface area contributed by atoms with Gasteiger partial charge in [0.05, 0.1) is 13.1 Å². The molecule has 0 N–H and O–H groups in total. The SMILES string of the molecule is N#Cc1cccnc1OC1CN(C(=O)c2ccc3c(c2)OCO3)C1. The first-order chi connectivity index (χ1) is 11.7. The van der Waals surface area contributed by atoms with Crippen molar-refractivity contribution in [2.24, 2.45) is 0 Å². The van der Waals surface area contributed by atoms with E-state index in [9.17, 15) is 4.79 Å². The number of nitriles is 1. The number of nitrogens with zero attached hydrogens (tertiary/aromatic N) is 3. The highest BCUT2D eigenvalue weighted by atomic mass is 16.7. The lowest BCUT2D eigenvalue weighted by molar-refractivity contribution is 0.0159. The van der Waals surface area contributed by atoms with Crippen LogP contribution in [-0.4, -0.2) is 41.8 Å². The van der Waals surface area contributed by atoms with Crippen molar-refractivity contribution in [3.8, 4) is 23.4 Å². The number of ether oxygens (including phenoxy) is 3. The Hall–Kier alpha value is -3.27. The smallest absolute Gasteiger partial charge is 0.254 e. The molecule has 1 fully saturated rings. The number of aromatic nitrogens is 1. The Morgan fingerprint density at radius 3 is 2.96 bits per heavy atom. The first-order valence-corrected chi connectivity index (χ1v) is 7.45. The van der Waals surface area contributed by atoms with E-state index in [4.69, 9.17) is 19.5 Å². The maximum absolute atomic E-state index is 12.5. The van der Waals surface area contributed by atoms with Crippen LogP contribution in [0.2, 0.25) is 0 Å². The van der Waals surface area contributed by atoms with Crippen LogP contribution in [0, 0.1) is 11.3 Å². The molecule has 120 valence electrons. The van der Waals surface area contributed by atoms with Crippen molar-refractivity contribution in [3.05, 3.63) is 47.7 Å². The number of hydrogen-bond acceptors (Lipinski definition) is 6. The van der Waals surface area contributed by atoms with Crippen LogP contribution in [0.5, 0.6) is 17.4 Å². The lowest BCUT2D eigenvalue weighted by atomic mass is 10.1. The predicted molar refractivity (Wildman–Crippen MR) is 81.8 cm³/mol. The van der Waals surface area contributed by atoms with E-state index in [1.165, 1.54) is 0 Å². The molecule has 1 aromatic heterocycles. The summed E-state index contributed by atoms with van der Waals surface area (Å²) in [4.78, 5) is 18.2. The van der Waals surface area contributed by atoms with Crippen molar-refractivity contribution in [1.29, 1.82) is 5.26 Å². The minimum Gasteiger partial charge on any atom is -0.470 e. The van der Waals surface area contributed by atoms with Gasteiger partial charge < -0.3 is 19.1 Å². The predicted octanol–water partition coefficient (Wildman–Crippen LogP) is 1.59. The van der Waals surface area contributed by atoms with Crippen molar-refractivity contribution >= 4 is 5.91 Å². The van der Waals surface area contributed by atoms with Crippen molar-refractivity contribution in [1.82, 2.24) is 9.88 Å². The number of amides is 1. The van der Waals surface area contributed by atoms with Crippen LogP contribution in [-0.2, 0) is 0 Å². The third kappa shape index (κ3) is 2.48. The molecule has 0 bridgehead atoms. The van der Waals surface area contributed by atoms with Gasteiger partial charge in [0.2, 0.25) is 12.7 Å². The molecule has 0 spiro atoms. The average molecular weight is 323 g/mol. The molecule has 0 unspecified atom stereocenters. The third-order valence-electron chi connectivity index (χ3n) is 3.92. The fourth-order valence-electron chi connectivity index (χ4n) is 2.62. The first-order valence-electron chi connectivity index (χ1n) is 7.45. The fraction of sp³-hybridized carbons (Fsp3) is 0.235. The summed E-state index contributed by atoms with van der Waals surface area (Å²) in [5.74, 6) is 1.45. The second-order valence-electron chi connectivity index (χ2n) is 5.49. The monoisotopic (exact) mass is 323 g/mol. The highest BCUT2D eigenvalue weighted by Gasteiger charge is 2.34. The highest BCUT2D eigenvalue weighted by molar-refractivity contribution is 5.95. The molecule has 7 heteroatoms. The number of likely N-dealkylation sites (tertiary alicyclic amines) is 1. The van der Waals surface area contributed by atoms with Gasteiger partial charge in [-0.15, -0.1) is 0 Å². The summed E-state index contributed by atoms with van der Waals surface area (Å²) in [6, 6.07) is 10.5. The molecule has 7 nitrogen and oxygen atoms in total. The van der Waals surface area contributed by atoms with Crippen LogP contribution >= 0.6 is 0 Å². The normalized spacial score (nSPS) is 15.5. The van der Waals surface area contributed by atoms with Crippen molar-refractivity contribution in [3.63, 3.8) is 0 Å². The topological polar surface area (TPSA) is 84.7 Å². The summed E-state index contributed by atoms with van der Waals surface area (Å²) in [7, 11) is 0. The molecular formula is C17H13N3O4. The zero-order chi connectivity index (χ0) is 16.5. The molecule has 2 aliphatic heterocycles. The largest absolute Gasteiger partial charge is 0.470 e.